The Labute approximate surface area is 164 Å². The lowest BCUT2D eigenvalue weighted by molar-refractivity contribution is -0.115. The van der Waals surface area contributed by atoms with Gasteiger partial charge in [-0.05, 0) is 35.0 Å². The quantitative estimate of drug-likeness (QED) is 0.645. The molecule has 2 rings (SSSR count). The summed E-state index contributed by atoms with van der Waals surface area (Å²) in [6.45, 7) is 4.18. The maximum atomic E-state index is 12.7. The minimum absolute atomic E-state index is 0.0576. The van der Waals surface area contributed by atoms with Gasteiger partial charge in [-0.1, -0.05) is 32.0 Å². The standard InChI is InChI=1S/C19H23N3O5S/c1-4-22(5-2)28(25,26)15-10-11-18(27-3)17(13-15)20-19(23)12-14-8-6-7-9-16(14)21-24/h6-11,13H,4-5,12H2,1-3H3,(H,20,23). The third-order valence-corrected chi connectivity index (χ3v) is 6.28. The predicted octanol–water partition coefficient (Wildman–Crippen LogP) is 3.30. The largest absolute Gasteiger partial charge is 0.495 e. The second-order valence-electron chi connectivity index (χ2n) is 5.90. The maximum Gasteiger partial charge on any atom is 0.243 e. The fourth-order valence-corrected chi connectivity index (χ4v) is 4.26. The fourth-order valence-electron chi connectivity index (χ4n) is 2.77. The molecule has 1 amide bonds. The van der Waals surface area contributed by atoms with Gasteiger partial charge in [-0.25, -0.2) is 8.42 Å². The molecular formula is C19H23N3O5S. The number of carbonyl (C=O) groups excluding carboxylic acids is 1. The molecule has 2 aromatic rings. The van der Waals surface area contributed by atoms with E-state index < -0.39 is 15.9 Å². The van der Waals surface area contributed by atoms with Gasteiger partial charge in [-0.2, -0.15) is 4.31 Å². The second-order valence-corrected chi connectivity index (χ2v) is 7.83. The van der Waals surface area contributed by atoms with Gasteiger partial charge in [0, 0.05) is 13.1 Å². The minimum Gasteiger partial charge on any atom is -0.495 e. The van der Waals surface area contributed by atoms with E-state index in [9.17, 15) is 18.1 Å². The molecule has 150 valence electrons. The molecule has 0 spiro atoms. The lowest BCUT2D eigenvalue weighted by Crippen LogP contribution is -2.30. The Morgan fingerprint density at radius 2 is 1.82 bits per heavy atom. The maximum absolute atomic E-state index is 12.7. The van der Waals surface area contributed by atoms with E-state index in [1.807, 2.05) is 0 Å². The lowest BCUT2D eigenvalue weighted by Gasteiger charge is -2.19. The summed E-state index contributed by atoms with van der Waals surface area (Å²) in [5.74, 6) is -0.0968. The summed E-state index contributed by atoms with van der Waals surface area (Å²) in [6, 6.07) is 10.8. The van der Waals surface area contributed by atoms with E-state index in [2.05, 4.69) is 10.5 Å². The van der Waals surface area contributed by atoms with Gasteiger partial charge in [0.25, 0.3) is 0 Å². The average Bonchev–Trinajstić information content (AvgIpc) is 2.69. The fraction of sp³-hybridized carbons (Fsp3) is 0.316. The second kappa shape index (κ2) is 9.43. The van der Waals surface area contributed by atoms with Crippen molar-refractivity contribution in [3.63, 3.8) is 0 Å². The Morgan fingerprint density at radius 3 is 2.43 bits per heavy atom. The smallest absolute Gasteiger partial charge is 0.243 e. The molecule has 0 radical (unpaired) electrons. The lowest BCUT2D eigenvalue weighted by atomic mass is 10.1. The molecule has 0 unspecified atom stereocenters. The first kappa shape index (κ1) is 21.5. The summed E-state index contributed by atoms with van der Waals surface area (Å²) in [7, 11) is -2.26. The van der Waals surface area contributed by atoms with E-state index in [1.54, 1.807) is 32.0 Å². The summed E-state index contributed by atoms with van der Waals surface area (Å²) < 4.78 is 32.0. The molecule has 0 saturated carbocycles. The van der Waals surface area contributed by atoms with Crippen LogP contribution >= 0.6 is 0 Å². The van der Waals surface area contributed by atoms with Crippen LogP contribution in [0.2, 0.25) is 0 Å². The van der Waals surface area contributed by atoms with E-state index in [0.29, 0.717) is 24.4 Å². The van der Waals surface area contributed by atoms with Crippen molar-refractivity contribution in [3.8, 4) is 5.75 Å². The van der Waals surface area contributed by atoms with Crippen molar-refractivity contribution >= 4 is 27.3 Å². The number of nitrogens with zero attached hydrogens (tertiary/aromatic N) is 2. The Hall–Kier alpha value is -2.78. The molecule has 8 nitrogen and oxygen atoms in total. The molecule has 1 N–H and O–H groups in total. The third-order valence-electron chi connectivity index (χ3n) is 4.23. The van der Waals surface area contributed by atoms with Gasteiger partial charge in [0.05, 0.1) is 24.1 Å². The molecule has 0 aliphatic carbocycles. The van der Waals surface area contributed by atoms with Crippen molar-refractivity contribution in [3.05, 3.63) is 52.9 Å². The van der Waals surface area contributed by atoms with Crippen molar-refractivity contribution in [2.45, 2.75) is 25.2 Å². The number of anilines is 1. The zero-order chi connectivity index (χ0) is 20.7. The summed E-state index contributed by atoms with van der Waals surface area (Å²) in [6.07, 6.45) is -0.0852. The summed E-state index contributed by atoms with van der Waals surface area (Å²) in [5.41, 5.74) is 0.889. The van der Waals surface area contributed by atoms with Crippen LogP contribution in [0.15, 0.2) is 52.5 Å². The zero-order valence-corrected chi connectivity index (χ0v) is 16.8. The highest BCUT2D eigenvalue weighted by atomic mass is 32.2. The van der Waals surface area contributed by atoms with Gasteiger partial charge < -0.3 is 10.1 Å². The minimum atomic E-state index is -3.68. The SMILES string of the molecule is CCN(CC)S(=O)(=O)c1ccc(OC)c(NC(=O)Cc2ccccc2N=O)c1. The molecule has 28 heavy (non-hydrogen) atoms. The van der Waals surface area contributed by atoms with Gasteiger partial charge in [-0.15, -0.1) is 4.91 Å². The number of amides is 1. The molecule has 2 aromatic carbocycles. The topological polar surface area (TPSA) is 105 Å². The average molecular weight is 405 g/mol. The number of rotatable bonds is 9. The van der Waals surface area contributed by atoms with Gasteiger partial charge >= 0.3 is 0 Å². The van der Waals surface area contributed by atoms with Crippen molar-refractivity contribution in [1.29, 1.82) is 0 Å². The van der Waals surface area contributed by atoms with Gasteiger partial charge in [-0.3, -0.25) is 4.79 Å². The van der Waals surface area contributed by atoms with Gasteiger partial charge in [0.1, 0.15) is 11.4 Å². The van der Waals surface area contributed by atoms with Gasteiger partial charge in [0.2, 0.25) is 15.9 Å². The number of nitrogens with one attached hydrogen (secondary N) is 1. The first-order valence-electron chi connectivity index (χ1n) is 8.76. The van der Waals surface area contributed by atoms with E-state index in [1.165, 1.54) is 35.7 Å². The van der Waals surface area contributed by atoms with E-state index in [4.69, 9.17) is 4.74 Å². The summed E-state index contributed by atoms with van der Waals surface area (Å²) >= 11 is 0. The third kappa shape index (κ3) is 4.73. The van der Waals surface area contributed by atoms with E-state index >= 15 is 0 Å². The highest BCUT2D eigenvalue weighted by Gasteiger charge is 2.23. The number of benzene rings is 2. The number of hydrogen-bond donors (Lipinski definition) is 1. The molecular weight excluding hydrogens is 382 g/mol. The van der Waals surface area contributed by atoms with Crippen molar-refractivity contribution in [1.82, 2.24) is 4.31 Å². The van der Waals surface area contributed by atoms with E-state index in [-0.39, 0.29) is 22.7 Å². The summed E-state index contributed by atoms with van der Waals surface area (Å²) in [5, 5.41) is 5.57. The molecule has 0 saturated heterocycles. The highest BCUT2D eigenvalue weighted by molar-refractivity contribution is 7.89. The number of nitroso groups, excluding NO2 is 1. The zero-order valence-electron chi connectivity index (χ0n) is 16.0. The molecule has 9 heteroatoms. The van der Waals surface area contributed by atoms with Crippen LogP contribution < -0.4 is 10.1 Å². The van der Waals surface area contributed by atoms with Crippen LogP contribution in [-0.2, 0) is 21.2 Å². The first-order chi connectivity index (χ1) is 13.4. The van der Waals surface area contributed by atoms with Crippen molar-refractivity contribution < 1.29 is 17.9 Å². The molecule has 0 fully saturated rings. The molecule has 0 heterocycles. The molecule has 0 bridgehead atoms. The molecule has 0 aromatic heterocycles. The van der Waals surface area contributed by atoms with Crippen LogP contribution in [0.4, 0.5) is 11.4 Å². The van der Waals surface area contributed by atoms with Crippen LogP contribution in [0.5, 0.6) is 5.75 Å². The normalized spacial score (nSPS) is 11.3. The molecule has 0 aliphatic heterocycles. The number of hydrogen-bond acceptors (Lipinski definition) is 6. The van der Waals surface area contributed by atoms with E-state index in [0.717, 1.165) is 0 Å². The van der Waals surface area contributed by atoms with Crippen LogP contribution in [-0.4, -0.2) is 38.8 Å². The Morgan fingerprint density at radius 1 is 1.14 bits per heavy atom. The Bertz CT molecular complexity index is 956. The Kier molecular flexibility index (Phi) is 7.24. The summed E-state index contributed by atoms with van der Waals surface area (Å²) in [4.78, 5) is 23.4. The number of sulfonamides is 1. The van der Waals surface area contributed by atoms with Crippen molar-refractivity contribution in [2.75, 3.05) is 25.5 Å². The predicted molar refractivity (Wildman–Crippen MR) is 107 cm³/mol. The molecule has 0 atom stereocenters. The highest BCUT2D eigenvalue weighted by Crippen LogP contribution is 2.29. The van der Waals surface area contributed by atoms with Gasteiger partial charge in [0.15, 0.2) is 0 Å². The van der Waals surface area contributed by atoms with Crippen LogP contribution in [0.25, 0.3) is 0 Å². The number of ether oxygens (including phenoxy) is 1. The molecule has 0 aliphatic rings. The monoisotopic (exact) mass is 405 g/mol. The Balaban J connectivity index is 2.31. The van der Waals surface area contributed by atoms with Crippen LogP contribution in [0.3, 0.4) is 0 Å². The number of methoxy groups -OCH3 is 1. The van der Waals surface area contributed by atoms with Crippen molar-refractivity contribution in [2.24, 2.45) is 5.18 Å². The number of carbonyl (C=O) groups is 1. The first-order valence-corrected chi connectivity index (χ1v) is 10.2. The van der Waals surface area contributed by atoms with Crippen LogP contribution in [0.1, 0.15) is 19.4 Å². The van der Waals surface area contributed by atoms with Crippen LogP contribution in [0, 0.1) is 4.91 Å².